The number of hydrogen-bond donors (Lipinski definition) is 0. The number of ether oxygens (including phenoxy) is 1. The van der Waals surface area contributed by atoms with E-state index in [9.17, 15) is 9.59 Å². The molecule has 0 spiro atoms. The third-order valence-corrected chi connectivity index (χ3v) is 12.6. The molecule has 0 aromatic rings. The van der Waals surface area contributed by atoms with E-state index in [2.05, 4.69) is 20.8 Å². The lowest BCUT2D eigenvalue weighted by Crippen LogP contribution is -2.36. The van der Waals surface area contributed by atoms with Gasteiger partial charge < -0.3 is 4.74 Å². The summed E-state index contributed by atoms with van der Waals surface area (Å²) in [7, 11) is 0. The molecule has 0 radical (unpaired) electrons. The first kappa shape index (κ1) is 54.1. The van der Waals surface area contributed by atoms with Crippen molar-refractivity contribution in [1.29, 1.82) is 0 Å². The number of unbranched alkanes of at least 4 members (excludes halogenated alkanes) is 40. The first-order chi connectivity index (χ1) is 27.1. The van der Waals surface area contributed by atoms with Crippen molar-refractivity contribution in [2.75, 3.05) is 0 Å². The second-order valence-electron chi connectivity index (χ2n) is 18.1. The molecule has 0 aromatic heterocycles. The first-order valence-corrected chi connectivity index (χ1v) is 25.8. The van der Waals surface area contributed by atoms with Crippen molar-refractivity contribution >= 4 is 12.3 Å². The van der Waals surface area contributed by atoms with E-state index in [1.807, 2.05) is 0 Å². The van der Waals surface area contributed by atoms with Crippen LogP contribution < -0.4 is 0 Å². The fourth-order valence-electron chi connectivity index (χ4n) is 8.87. The molecule has 0 heterocycles. The molecule has 0 aliphatic heterocycles. The molecule has 0 aliphatic rings. The van der Waals surface area contributed by atoms with Gasteiger partial charge in [0.1, 0.15) is 5.60 Å². The van der Waals surface area contributed by atoms with Gasteiger partial charge in [0.05, 0.1) is 0 Å². The average molecular weight is 775 g/mol. The minimum atomic E-state index is -0.642. The molecular weight excluding hydrogens is 673 g/mol. The largest absolute Gasteiger partial charge is 0.454 e. The van der Waals surface area contributed by atoms with Gasteiger partial charge in [0.2, 0.25) is 6.29 Å². The van der Waals surface area contributed by atoms with Crippen LogP contribution in [0.4, 0.5) is 0 Å². The van der Waals surface area contributed by atoms with Crippen LogP contribution in [-0.2, 0) is 14.3 Å². The zero-order valence-corrected chi connectivity index (χ0v) is 38.3. The number of carbonyl (C=O) groups excluding carboxylic acids is 2. The standard InChI is InChI=1S/C52H102O3/c1-4-7-10-13-16-19-22-25-28-31-34-37-40-43-46-49-52(55-51(54)50-53,47-44-41-38-35-32-29-26-23-20-17-14-11-8-5-2)48-45-42-39-36-33-30-27-24-21-18-15-12-9-6-3/h50H,4-49H2,1-3H3. The molecule has 55 heavy (non-hydrogen) atoms. The number of aldehydes is 1. The molecule has 0 N–H and O–H groups in total. The second-order valence-corrected chi connectivity index (χ2v) is 18.1. The molecule has 0 saturated heterocycles. The van der Waals surface area contributed by atoms with Gasteiger partial charge in [-0.15, -0.1) is 0 Å². The van der Waals surface area contributed by atoms with Crippen LogP contribution in [0.25, 0.3) is 0 Å². The lowest BCUT2D eigenvalue weighted by atomic mass is 9.84. The fraction of sp³-hybridized carbons (Fsp3) is 0.962. The van der Waals surface area contributed by atoms with Gasteiger partial charge in [-0.25, -0.2) is 4.79 Å². The van der Waals surface area contributed by atoms with Crippen molar-refractivity contribution in [2.24, 2.45) is 0 Å². The summed E-state index contributed by atoms with van der Waals surface area (Å²) in [5.74, 6) is -0.642. The summed E-state index contributed by atoms with van der Waals surface area (Å²) in [5, 5.41) is 0. The van der Waals surface area contributed by atoms with Crippen LogP contribution in [0.5, 0.6) is 0 Å². The quantitative estimate of drug-likeness (QED) is 0.0268. The molecule has 0 aromatic carbocycles. The zero-order chi connectivity index (χ0) is 40.0. The Labute approximate surface area is 347 Å². The van der Waals surface area contributed by atoms with Crippen molar-refractivity contribution < 1.29 is 14.3 Å². The summed E-state index contributed by atoms with van der Waals surface area (Å²) >= 11 is 0. The third-order valence-electron chi connectivity index (χ3n) is 12.6. The smallest absolute Gasteiger partial charge is 0.371 e. The maximum Gasteiger partial charge on any atom is 0.371 e. The van der Waals surface area contributed by atoms with Gasteiger partial charge in [-0.05, 0) is 38.5 Å². The van der Waals surface area contributed by atoms with Crippen LogP contribution in [0.1, 0.15) is 316 Å². The van der Waals surface area contributed by atoms with E-state index < -0.39 is 11.6 Å². The normalized spacial score (nSPS) is 11.8. The van der Waals surface area contributed by atoms with Crippen molar-refractivity contribution in [3.63, 3.8) is 0 Å². The van der Waals surface area contributed by atoms with Gasteiger partial charge in [0.25, 0.3) is 0 Å². The van der Waals surface area contributed by atoms with Crippen LogP contribution in [0.3, 0.4) is 0 Å². The van der Waals surface area contributed by atoms with Crippen LogP contribution in [-0.4, -0.2) is 17.9 Å². The summed E-state index contributed by atoms with van der Waals surface area (Å²) in [6, 6.07) is 0. The van der Waals surface area contributed by atoms with E-state index in [4.69, 9.17) is 4.74 Å². The summed E-state index contributed by atoms with van der Waals surface area (Å²) in [6.45, 7) is 6.88. The summed E-state index contributed by atoms with van der Waals surface area (Å²) < 4.78 is 6.13. The minimum absolute atomic E-state index is 0.414. The predicted octanol–water partition coefficient (Wildman–Crippen LogP) is 18.5. The van der Waals surface area contributed by atoms with E-state index in [0.717, 1.165) is 38.5 Å². The average Bonchev–Trinajstić information content (AvgIpc) is 3.19. The summed E-state index contributed by atoms with van der Waals surface area (Å²) in [4.78, 5) is 24.0. The number of carbonyl (C=O) groups is 2. The third kappa shape index (κ3) is 41.1. The topological polar surface area (TPSA) is 43.4 Å². The molecular formula is C52H102O3. The van der Waals surface area contributed by atoms with E-state index in [-0.39, 0.29) is 0 Å². The van der Waals surface area contributed by atoms with Gasteiger partial charge in [-0.1, -0.05) is 278 Å². The molecule has 0 rings (SSSR count). The van der Waals surface area contributed by atoms with Gasteiger partial charge in [-0.2, -0.15) is 0 Å². The van der Waals surface area contributed by atoms with Crippen molar-refractivity contribution in [3.8, 4) is 0 Å². The molecule has 3 heteroatoms. The number of esters is 1. The molecule has 328 valence electrons. The van der Waals surface area contributed by atoms with Crippen molar-refractivity contribution in [2.45, 2.75) is 322 Å². The van der Waals surface area contributed by atoms with E-state index >= 15 is 0 Å². The van der Waals surface area contributed by atoms with E-state index in [1.54, 1.807) is 0 Å². The molecule has 0 aliphatic carbocycles. The molecule has 0 unspecified atom stereocenters. The van der Waals surface area contributed by atoms with E-state index in [0.29, 0.717) is 6.29 Å². The molecule has 0 saturated carbocycles. The maximum atomic E-state index is 12.5. The second kappa shape index (κ2) is 45.8. The Hall–Kier alpha value is -0.860. The number of rotatable bonds is 48. The molecule has 0 amide bonds. The summed E-state index contributed by atoms with van der Waals surface area (Å²) in [5.41, 5.74) is -0.442. The fourth-order valence-corrected chi connectivity index (χ4v) is 8.87. The van der Waals surface area contributed by atoms with Crippen LogP contribution >= 0.6 is 0 Å². The summed E-state index contributed by atoms with van der Waals surface area (Å²) in [6.07, 6.45) is 61.5. The highest BCUT2D eigenvalue weighted by atomic mass is 16.6. The lowest BCUT2D eigenvalue weighted by Gasteiger charge is -2.33. The Kier molecular flexibility index (Phi) is 45.1. The van der Waals surface area contributed by atoms with Crippen LogP contribution in [0.15, 0.2) is 0 Å². The SMILES string of the molecule is CCCCCCCCCCCCCCCCCC(CCCCCCCCCCCCCCCC)(CCCCCCCCCCCCCCCC)OC(=O)C=O. The molecule has 0 bridgehead atoms. The van der Waals surface area contributed by atoms with Crippen LogP contribution in [0, 0.1) is 0 Å². The highest BCUT2D eigenvalue weighted by Crippen LogP contribution is 2.33. The Morgan fingerprint density at radius 1 is 0.309 bits per heavy atom. The minimum Gasteiger partial charge on any atom is -0.454 e. The molecule has 3 nitrogen and oxygen atoms in total. The lowest BCUT2D eigenvalue weighted by molar-refractivity contribution is -0.164. The van der Waals surface area contributed by atoms with Gasteiger partial charge in [-0.3, -0.25) is 4.79 Å². The predicted molar refractivity (Wildman–Crippen MR) is 244 cm³/mol. The highest BCUT2D eigenvalue weighted by Gasteiger charge is 2.33. The molecule has 0 atom stereocenters. The van der Waals surface area contributed by atoms with Gasteiger partial charge in [0.15, 0.2) is 0 Å². The van der Waals surface area contributed by atoms with E-state index in [1.165, 1.54) is 257 Å². The van der Waals surface area contributed by atoms with Crippen molar-refractivity contribution in [1.82, 2.24) is 0 Å². The maximum absolute atomic E-state index is 12.5. The van der Waals surface area contributed by atoms with Gasteiger partial charge >= 0.3 is 5.97 Å². The zero-order valence-electron chi connectivity index (χ0n) is 38.3. The number of hydrogen-bond acceptors (Lipinski definition) is 3. The Morgan fingerprint density at radius 3 is 0.636 bits per heavy atom. The Balaban J connectivity index is 4.55. The Morgan fingerprint density at radius 2 is 0.473 bits per heavy atom. The van der Waals surface area contributed by atoms with Gasteiger partial charge in [0, 0.05) is 0 Å². The first-order valence-electron chi connectivity index (χ1n) is 25.8. The van der Waals surface area contributed by atoms with Crippen LogP contribution in [0.2, 0.25) is 0 Å². The monoisotopic (exact) mass is 775 g/mol. The Bertz CT molecular complexity index is 715. The highest BCUT2D eigenvalue weighted by molar-refractivity contribution is 6.20. The van der Waals surface area contributed by atoms with Crippen molar-refractivity contribution in [3.05, 3.63) is 0 Å². The molecule has 0 fully saturated rings.